The highest BCUT2D eigenvalue weighted by Gasteiger charge is 2.33. The van der Waals surface area contributed by atoms with Crippen LogP contribution in [0.3, 0.4) is 0 Å². The van der Waals surface area contributed by atoms with Crippen molar-refractivity contribution in [3.63, 3.8) is 0 Å². The molecule has 3 aromatic carbocycles. The van der Waals surface area contributed by atoms with Crippen LogP contribution in [0, 0.1) is 6.92 Å². The van der Waals surface area contributed by atoms with Gasteiger partial charge in [-0.1, -0.05) is 66.4 Å². The molecule has 0 radical (unpaired) electrons. The van der Waals surface area contributed by atoms with E-state index in [1.165, 1.54) is 35.2 Å². The summed E-state index contributed by atoms with van der Waals surface area (Å²) >= 11 is 12.7. The lowest BCUT2D eigenvalue weighted by atomic mass is 10.1. The number of unbranched alkanes of at least 4 members (excludes halogenated alkanes) is 1. The Balaban J connectivity index is 2.03. The van der Waals surface area contributed by atoms with Crippen LogP contribution in [-0.4, -0.2) is 51.4 Å². The van der Waals surface area contributed by atoms with Crippen LogP contribution in [0.25, 0.3) is 0 Å². The Kier molecular flexibility index (Phi) is 11.5. The van der Waals surface area contributed by atoms with Crippen LogP contribution < -0.4 is 14.4 Å². The van der Waals surface area contributed by atoms with Crippen molar-refractivity contribution in [1.29, 1.82) is 0 Å². The average Bonchev–Trinajstić information content (AvgIpc) is 2.96. The molecule has 2 amide bonds. The quantitative estimate of drug-likeness (QED) is 0.243. The summed E-state index contributed by atoms with van der Waals surface area (Å²) in [4.78, 5) is 28.4. The maximum absolute atomic E-state index is 14.0. The molecule has 0 saturated heterocycles. The first kappa shape index (κ1) is 32.2. The van der Waals surface area contributed by atoms with Gasteiger partial charge in [0.2, 0.25) is 11.8 Å². The summed E-state index contributed by atoms with van der Waals surface area (Å²) in [7, 11) is -2.71. The smallest absolute Gasteiger partial charge is 0.264 e. The second kappa shape index (κ2) is 14.6. The van der Waals surface area contributed by atoms with E-state index in [-0.39, 0.29) is 33.1 Å². The van der Waals surface area contributed by atoms with Gasteiger partial charge in [0.25, 0.3) is 10.0 Å². The van der Waals surface area contributed by atoms with E-state index in [9.17, 15) is 18.0 Å². The fraction of sp³-hybridized carbons (Fsp3) is 0.333. The molecular weight excluding hydrogens is 585 g/mol. The zero-order chi connectivity index (χ0) is 30.2. The van der Waals surface area contributed by atoms with Crippen molar-refractivity contribution in [3.8, 4) is 5.75 Å². The first-order valence-corrected chi connectivity index (χ1v) is 15.4. The molecule has 0 aliphatic heterocycles. The third-order valence-electron chi connectivity index (χ3n) is 6.57. The number of rotatable bonds is 13. The fourth-order valence-electron chi connectivity index (χ4n) is 4.07. The van der Waals surface area contributed by atoms with E-state index in [1.54, 1.807) is 50.4 Å². The third kappa shape index (κ3) is 8.38. The average molecular weight is 621 g/mol. The van der Waals surface area contributed by atoms with Gasteiger partial charge in [-0.25, -0.2) is 8.42 Å². The van der Waals surface area contributed by atoms with Crippen molar-refractivity contribution in [3.05, 3.63) is 87.9 Å². The number of hydrogen-bond donors (Lipinski definition) is 1. The van der Waals surface area contributed by atoms with E-state index < -0.39 is 28.5 Å². The molecule has 1 N–H and O–H groups in total. The number of hydrogen-bond acceptors (Lipinski definition) is 5. The number of aryl methyl sites for hydroxylation is 1. The summed E-state index contributed by atoms with van der Waals surface area (Å²) in [5.41, 5.74) is 1.67. The lowest BCUT2D eigenvalue weighted by Crippen LogP contribution is -2.51. The number of halogens is 2. The Labute approximate surface area is 252 Å². The van der Waals surface area contributed by atoms with Gasteiger partial charge < -0.3 is 15.0 Å². The monoisotopic (exact) mass is 619 g/mol. The number of amides is 2. The second-order valence-corrected chi connectivity index (χ2v) is 12.3. The summed E-state index contributed by atoms with van der Waals surface area (Å²) in [5, 5.41) is 3.21. The third-order valence-corrected chi connectivity index (χ3v) is 8.90. The van der Waals surface area contributed by atoms with Gasteiger partial charge >= 0.3 is 0 Å². The van der Waals surface area contributed by atoms with Crippen molar-refractivity contribution in [2.45, 2.75) is 51.1 Å². The van der Waals surface area contributed by atoms with E-state index >= 15 is 0 Å². The Morgan fingerprint density at radius 2 is 1.66 bits per heavy atom. The fourth-order valence-corrected chi connectivity index (χ4v) is 5.93. The zero-order valence-corrected chi connectivity index (χ0v) is 25.9. The predicted molar refractivity (Wildman–Crippen MR) is 163 cm³/mol. The second-order valence-electron chi connectivity index (χ2n) is 9.61. The van der Waals surface area contributed by atoms with Crippen LogP contribution in [-0.2, 0) is 26.2 Å². The van der Waals surface area contributed by atoms with E-state index in [0.717, 1.165) is 28.3 Å². The molecule has 0 aromatic heterocycles. The molecule has 0 heterocycles. The summed E-state index contributed by atoms with van der Waals surface area (Å²) in [6, 6.07) is 16.9. The lowest BCUT2D eigenvalue weighted by Gasteiger charge is -2.32. The summed E-state index contributed by atoms with van der Waals surface area (Å²) < 4.78 is 34.0. The van der Waals surface area contributed by atoms with Crippen molar-refractivity contribution in [1.82, 2.24) is 10.2 Å². The van der Waals surface area contributed by atoms with Gasteiger partial charge in [0.05, 0.1) is 22.7 Å². The maximum atomic E-state index is 14.0. The van der Waals surface area contributed by atoms with E-state index in [0.29, 0.717) is 12.3 Å². The van der Waals surface area contributed by atoms with Crippen molar-refractivity contribution in [2.75, 3.05) is 24.5 Å². The number of carbonyl (C=O) groups is 2. The first-order chi connectivity index (χ1) is 19.5. The molecule has 41 heavy (non-hydrogen) atoms. The van der Waals surface area contributed by atoms with Crippen LogP contribution in [0.15, 0.2) is 71.6 Å². The van der Waals surface area contributed by atoms with Crippen molar-refractivity contribution >= 4 is 50.7 Å². The van der Waals surface area contributed by atoms with Crippen molar-refractivity contribution in [2.24, 2.45) is 0 Å². The molecule has 8 nitrogen and oxygen atoms in total. The number of benzene rings is 3. The van der Waals surface area contributed by atoms with E-state index in [2.05, 4.69) is 5.32 Å². The summed E-state index contributed by atoms with van der Waals surface area (Å²) in [6.45, 7) is 5.39. The molecule has 220 valence electrons. The van der Waals surface area contributed by atoms with E-state index in [4.69, 9.17) is 27.9 Å². The Morgan fingerprint density at radius 1 is 1.00 bits per heavy atom. The molecule has 11 heteroatoms. The SMILES string of the molecule is CCCCNC(=O)[C@@H](C)N(Cc1ccc(OC)cc1)C(=O)CN(c1cc(Cl)ccc1Cl)S(=O)(=O)c1ccc(C)cc1. The number of ether oxygens (including phenoxy) is 1. The maximum Gasteiger partial charge on any atom is 0.264 e. The highest BCUT2D eigenvalue weighted by molar-refractivity contribution is 7.92. The number of anilines is 1. The molecule has 0 aliphatic carbocycles. The van der Waals surface area contributed by atoms with Gasteiger partial charge in [-0.2, -0.15) is 0 Å². The minimum absolute atomic E-state index is 0.0148. The standard InChI is InChI=1S/C30H35Cl2N3O5S/c1-5-6-17-33-30(37)22(3)34(19-23-9-12-25(40-4)13-10-23)29(36)20-35(28-18-24(31)11-16-27(28)32)41(38,39)26-14-7-21(2)8-15-26/h7-16,18,22H,5-6,17,19-20H2,1-4H3,(H,33,37)/t22-/m1/s1. The number of nitrogens with zero attached hydrogens (tertiary/aromatic N) is 2. The molecule has 0 saturated carbocycles. The largest absolute Gasteiger partial charge is 0.497 e. The number of methoxy groups -OCH3 is 1. The minimum Gasteiger partial charge on any atom is -0.497 e. The van der Waals surface area contributed by atoms with Crippen molar-refractivity contribution < 1.29 is 22.7 Å². The molecule has 0 unspecified atom stereocenters. The van der Waals surface area contributed by atoms with Crippen LogP contribution in [0.4, 0.5) is 5.69 Å². The minimum atomic E-state index is -4.26. The molecule has 0 fully saturated rings. The topological polar surface area (TPSA) is 96.0 Å². The molecule has 3 rings (SSSR count). The molecule has 0 spiro atoms. The molecule has 3 aromatic rings. The zero-order valence-electron chi connectivity index (χ0n) is 23.6. The van der Waals surface area contributed by atoms with Crippen LogP contribution in [0.2, 0.25) is 10.0 Å². The Bertz CT molecular complexity index is 1450. The van der Waals surface area contributed by atoms with Gasteiger partial charge in [-0.05, 0) is 68.3 Å². The summed E-state index contributed by atoms with van der Waals surface area (Å²) in [6.07, 6.45) is 1.69. The van der Waals surface area contributed by atoms with Crippen LogP contribution >= 0.6 is 23.2 Å². The van der Waals surface area contributed by atoms with Gasteiger partial charge in [-0.3, -0.25) is 13.9 Å². The van der Waals surface area contributed by atoms with Gasteiger partial charge in [0, 0.05) is 18.1 Å². The summed E-state index contributed by atoms with van der Waals surface area (Å²) in [5.74, 6) is -0.289. The molecular formula is C30H35Cl2N3O5S. The Hall–Kier alpha value is -3.27. The molecule has 1 atom stereocenters. The highest BCUT2D eigenvalue weighted by Crippen LogP contribution is 2.33. The lowest BCUT2D eigenvalue weighted by molar-refractivity contribution is -0.139. The highest BCUT2D eigenvalue weighted by atomic mass is 35.5. The number of carbonyl (C=O) groups excluding carboxylic acids is 2. The van der Waals surface area contributed by atoms with Gasteiger partial charge in [-0.15, -0.1) is 0 Å². The normalized spacial score (nSPS) is 12.0. The number of nitrogens with one attached hydrogen (secondary N) is 1. The number of sulfonamides is 1. The van der Waals surface area contributed by atoms with Crippen LogP contribution in [0.1, 0.15) is 37.8 Å². The van der Waals surface area contributed by atoms with E-state index in [1.807, 2.05) is 13.8 Å². The van der Waals surface area contributed by atoms with Crippen LogP contribution in [0.5, 0.6) is 5.75 Å². The van der Waals surface area contributed by atoms with Gasteiger partial charge in [0.15, 0.2) is 0 Å². The Morgan fingerprint density at radius 3 is 2.27 bits per heavy atom. The first-order valence-electron chi connectivity index (χ1n) is 13.2. The molecule has 0 aliphatic rings. The van der Waals surface area contributed by atoms with Gasteiger partial charge in [0.1, 0.15) is 18.3 Å². The predicted octanol–water partition coefficient (Wildman–Crippen LogP) is 5.84. The molecule has 0 bridgehead atoms.